The van der Waals surface area contributed by atoms with E-state index in [-0.39, 0.29) is 0 Å². The van der Waals surface area contributed by atoms with E-state index in [1.54, 1.807) is 7.11 Å². The molecule has 2 atom stereocenters. The Hall–Kier alpha value is -2.43. The zero-order valence-corrected chi connectivity index (χ0v) is 13.8. The molecule has 4 nitrogen and oxygen atoms in total. The summed E-state index contributed by atoms with van der Waals surface area (Å²) in [5.74, 6) is -0.486. The van der Waals surface area contributed by atoms with Gasteiger partial charge in [0.1, 0.15) is 6.10 Å². The van der Waals surface area contributed by atoms with Crippen molar-refractivity contribution in [1.29, 1.82) is 0 Å². The van der Waals surface area contributed by atoms with Gasteiger partial charge in [-0.25, -0.2) is 4.79 Å². The van der Waals surface area contributed by atoms with Crippen molar-refractivity contribution in [3.8, 4) is 0 Å². The molecule has 2 rings (SSSR count). The van der Waals surface area contributed by atoms with E-state index in [1.807, 2.05) is 60.7 Å². The predicted molar refractivity (Wildman–Crippen MR) is 92.5 cm³/mol. The van der Waals surface area contributed by atoms with Crippen LogP contribution in [-0.4, -0.2) is 26.3 Å². The van der Waals surface area contributed by atoms with Gasteiger partial charge in [-0.15, -0.1) is 0 Å². The number of hydrogen-bond acceptors (Lipinski definition) is 4. The Labute approximate surface area is 142 Å². The maximum absolute atomic E-state index is 11.8. The van der Waals surface area contributed by atoms with Gasteiger partial charge in [-0.1, -0.05) is 67.2 Å². The molecule has 0 spiro atoms. The van der Waals surface area contributed by atoms with Crippen LogP contribution in [0.25, 0.3) is 0 Å². The lowest BCUT2D eigenvalue weighted by Gasteiger charge is -2.27. The van der Waals surface area contributed by atoms with E-state index >= 15 is 0 Å². The highest BCUT2D eigenvalue weighted by Crippen LogP contribution is 2.35. The Bertz CT molecular complexity index is 625. The molecule has 0 heterocycles. The molecular formula is C20H22O4. The molecule has 0 fully saturated rings. The predicted octanol–water partition coefficient (Wildman–Crippen LogP) is 3.86. The van der Waals surface area contributed by atoms with Crippen molar-refractivity contribution in [2.24, 2.45) is 0 Å². The van der Waals surface area contributed by atoms with Crippen molar-refractivity contribution in [2.45, 2.75) is 12.2 Å². The molecule has 0 saturated heterocycles. The fourth-order valence-electron chi connectivity index (χ4n) is 2.38. The molecule has 0 bridgehead atoms. The highest BCUT2D eigenvalue weighted by Gasteiger charge is 2.28. The normalized spacial score (nSPS) is 13.0. The zero-order valence-electron chi connectivity index (χ0n) is 13.8. The molecule has 0 saturated carbocycles. The number of hydrogen-bond donors (Lipinski definition) is 0. The van der Waals surface area contributed by atoms with Crippen molar-refractivity contribution in [2.75, 3.05) is 20.3 Å². The molecule has 0 unspecified atom stereocenters. The fourth-order valence-corrected chi connectivity index (χ4v) is 2.38. The molecule has 0 radical (unpaired) electrons. The van der Waals surface area contributed by atoms with Gasteiger partial charge in [-0.05, 0) is 11.1 Å². The van der Waals surface area contributed by atoms with Crippen LogP contribution in [0, 0.1) is 0 Å². The van der Waals surface area contributed by atoms with Crippen LogP contribution in [0.5, 0.6) is 0 Å². The summed E-state index contributed by atoms with van der Waals surface area (Å²) in [6, 6.07) is 19.3. The third-order valence-corrected chi connectivity index (χ3v) is 3.53. The molecular weight excluding hydrogens is 304 g/mol. The summed E-state index contributed by atoms with van der Waals surface area (Å²) in [6.45, 7) is 4.33. The number of carbonyl (C=O) groups is 1. The van der Waals surface area contributed by atoms with E-state index in [0.29, 0.717) is 13.2 Å². The SMILES string of the molecule is C=CC(=O)O[C@H](c1ccccc1)[C@@H](OCCOC)c1ccccc1. The van der Waals surface area contributed by atoms with Crippen molar-refractivity contribution in [1.82, 2.24) is 0 Å². The first-order chi connectivity index (χ1) is 11.8. The van der Waals surface area contributed by atoms with Gasteiger partial charge < -0.3 is 14.2 Å². The Kier molecular flexibility index (Phi) is 7.21. The first-order valence-corrected chi connectivity index (χ1v) is 7.79. The van der Waals surface area contributed by atoms with E-state index in [4.69, 9.17) is 14.2 Å². The topological polar surface area (TPSA) is 44.8 Å². The summed E-state index contributed by atoms with van der Waals surface area (Å²) in [5, 5.41) is 0. The molecule has 0 aromatic heterocycles. The first kappa shape index (κ1) is 17.9. The highest BCUT2D eigenvalue weighted by molar-refractivity contribution is 5.81. The van der Waals surface area contributed by atoms with Gasteiger partial charge in [-0.3, -0.25) is 0 Å². The van der Waals surface area contributed by atoms with Crippen LogP contribution in [0.1, 0.15) is 23.3 Å². The van der Waals surface area contributed by atoms with Gasteiger partial charge >= 0.3 is 5.97 Å². The second-order valence-electron chi connectivity index (χ2n) is 5.17. The van der Waals surface area contributed by atoms with Crippen LogP contribution in [0.15, 0.2) is 73.3 Å². The van der Waals surface area contributed by atoms with Crippen LogP contribution in [0.2, 0.25) is 0 Å². The van der Waals surface area contributed by atoms with Crippen molar-refractivity contribution >= 4 is 5.97 Å². The quantitative estimate of drug-likeness (QED) is 0.399. The molecule has 4 heteroatoms. The maximum atomic E-state index is 11.8. The van der Waals surface area contributed by atoms with Crippen molar-refractivity contribution in [3.63, 3.8) is 0 Å². The van der Waals surface area contributed by atoms with E-state index in [0.717, 1.165) is 17.2 Å². The average molecular weight is 326 g/mol. The highest BCUT2D eigenvalue weighted by atomic mass is 16.6. The Morgan fingerprint density at radius 1 is 0.958 bits per heavy atom. The van der Waals surface area contributed by atoms with Crippen LogP contribution in [-0.2, 0) is 19.0 Å². The molecule has 0 aliphatic heterocycles. The Morgan fingerprint density at radius 2 is 1.50 bits per heavy atom. The second-order valence-corrected chi connectivity index (χ2v) is 5.17. The average Bonchev–Trinajstić information content (AvgIpc) is 2.65. The molecule has 2 aromatic carbocycles. The van der Waals surface area contributed by atoms with Crippen LogP contribution >= 0.6 is 0 Å². The lowest BCUT2D eigenvalue weighted by molar-refractivity contribution is -0.154. The monoisotopic (exact) mass is 326 g/mol. The summed E-state index contributed by atoms with van der Waals surface area (Å²) in [7, 11) is 1.62. The van der Waals surface area contributed by atoms with E-state index < -0.39 is 18.2 Å². The molecule has 24 heavy (non-hydrogen) atoms. The van der Waals surface area contributed by atoms with Gasteiger partial charge in [0.15, 0.2) is 6.10 Å². The third kappa shape index (κ3) is 5.05. The summed E-state index contributed by atoms with van der Waals surface area (Å²) < 4.78 is 16.7. The minimum atomic E-state index is -0.573. The van der Waals surface area contributed by atoms with E-state index in [1.165, 1.54) is 0 Å². The van der Waals surface area contributed by atoms with Crippen LogP contribution in [0.4, 0.5) is 0 Å². The largest absolute Gasteiger partial charge is 0.451 e. The summed E-state index contributed by atoms with van der Waals surface area (Å²) in [4.78, 5) is 11.8. The summed E-state index contributed by atoms with van der Waals surface area (Å²) in [5.41, 5.74) is 1.79. The molecule has 2 aromatic rings. The number of benzene rings is 2. The van der Waals surface area contributed by atoms with Crippen molar-refractivity contribution < 1.29 is 19.0 Å². The number of rotatable bonds is 9. The molecule has 0 aliphatic carbocycles. The summed E-state index contributed by atoms with van der Waals surface area (Å²) >= 11 is 0. The van der Waals surface area contributed by atoms with Gasteiger partial charge in [0.25, 0.3) is 0 Å². The molecule has 0 N–H and O–H groups in total. The van der Waals surface area contributed by atoms with E-state index in [9.17, 15) is 4.79 Å². The minimum Gasteiger partial charge on any atom is -0.451 e. The van der Waals surface area contributed by atoms with Crippen LogP contribution < -0.4 is 0 Å². The standard InChI is InChI=1S/C20H22O4/c1-3-18(21)24-20(17-12-8-5-9-13-17)19(23-15-14-22-2)16-10-6-4-7-11-16/h3-13,19-20H,1,14-15H2,2H3/t19-,20+/m0/s1. The number of ether oxygens (including phenoxy) is 3. The Morgan fingerprint density at radius 3 is 2.00 bits per heavy atom. The zero-order chi connectivity index (χ0) is 17.2. The lowest BCUT2D eigenvalue weighted by atomic mass is 9.98. The molecule has 126 valence electrons. The number of carbonyl (C=O) groups excluding carboxylic acids is 1. The second kappa shape index (κ2) is 9.65. The first-order valence-electron chi connectivity index (χ1n) is 7.79. The van der Waals surface area contributed by atoms with Gasteiger partial charge in [0.2, 0.25) is 0 Å². The smallest absolute Gasteiger partial charge is 0.330 e. The minimum absolute atomic E-state index is 0.394. The molecule has 0 amide bonds. The Balaban J connectivity index is 2.35. The van der Waals surface area contributed by atoms with Crippen molar-refractivity contribution in [3.05, 3.63) is 84.4 Å². The van der Waals surface area contributed by atoms with E-state index in [2.05, 4.69) is 6.58 Å². The van der Waals surface area contributed by atoms with Gasteiger partial charge in [0.05, 0.1) is 13.2 Å². The molecule has 0 aliphatic rings. The lowest BCUT2D eigenvalue weighted by Crippen LogP contribution is -2.21. The number of methoxy groups -OCH3 is 1. The van der Waals surface area contributed by atoms with Crippen LogP contribution in [0.3, 0.4) is 0 Å². The van der Waals surface area contributed by atoms with Gasteiger partial charge in [0, 0.05) is 13.2 Å². The van der Waals surface area contributed by atoms with Gasteiger partial charge in [-0.2, -0.15) is 0 Å². The fraction of sp³-hybridized carbons (Fsp3) is 0.250. The number of esters is 1. The maximum Gasteiger partial charge on any atom is 0.330 e. The third-order valence-electron chi connectivity index (χ3n) is 3.53. The summed E-state index contributed by atoms with van der Waals surface area (Å²) in [6.07, 6.45) is 0.149.